The second-order valence-corrected chi connectivity index (χ2v) is 6.31. The Morgan fingerprint density at radius 1 is 1.36 bits per heavy atom. The number of amides is 2. The molecule has 1 fully saturated rings. The minimum atomic E-state index is -0.431. The molecule has 6 heteroatoms. The number of nitrogens with one attached hydrogen (secondary N) is 1. The van der Waals surface area contributed by atoms with E-state index in [0.29, 0.717) is 10.7 Å². The highest BCUT2D eigenvalue weighted by Gasteiger charge is 2.44. The monoisotopic (exact) mass is 322 g/mol. The first kappa shape index (κ1) is 15.2. The number of benzene rings is 1. The van der Waals surface area contributed by atoms with E-state index in [4.69, 9.17) is 16.3 Å². The molecule has 1 N–H and O–H groups in total. The Morgan fingerprint density at radius 3 is 2.77 bits per heavy atom. The lowest BCUT2D eigenvalue weighted by Gasteiger charge is -2.46. The molecule has 1 aliphatic heterocycles. The molecule has 1 spiro atoms. The van der Waals surface area contributed by atoms with Gasteiger partial charge in [-0.3, -0.25) is 9.69 Å². The zero-order valence-electron chi connectivity index (χ0n) is 12.5. The number of halogens is 1. The maximum absolute atomic E-state index is 12.6. The number of urea groups is 1. The summed E-state index contributed by atoms with van der Waals surface area (Å²) >= 11 is 6.36. The molecule has 0 aromatic heterocycles. The zero-order chi connectivity index (χ0) is 15.7. The van der Waals surface area contributed by atoms with E-state index >= 15 is 0 Å². The number of ether oxygens (including phenoxy) is 1. The number of hydrogen-bond acceptors (Lipinski definition) is 3. The van der Waals surface area contributed by atoms with Crippen LogP contribution in [0.15, 0.2) is 18.2 Å². The quantitative estimate of drug-likeness (QED) is 0.847. The Hall–Kier alpha value is -1.75. The molecule has 0 unspecified atom stereocenters. The first-order chi connectivity index (χ1) is 10.5. The lowest BCUT2D eigenvalue weighted by Crippen LogP contribution is -2.57. The van der Waals surface area contributed by atoms with Crippen LogP contribution in [0.25, 0.3) is 0 Å². The molecule has 0 saturated heterocycles. The second-order valence-electron chi connectivity index (χ2n) is 5.90. The predicted molar refractivity (Wildman–Crippen MR) is 83.9 cm³/mol. The van der Waals surface area contributed by atoms with Gasteiger partial charge < -0.3 is 10.1 Å². The third-order valence-corrected chi connectivity index (χ3v) is 4.77. The molecule has 5 nitrogen and oxygen atoms in total. The summed E-state index contributed by atoms with van der Waals surface area (Å²) in [5.41, 5.74) is 1.34. The zero-order valence-corrected chi connectivity index (χ0v) is 13.3. The number of para-hydroxylation sites is 1. The van der Waals surface area contributed by atoms with Gasteiger partial charge >= 0.3 is 12.0 Å². The van der Waals surface area contributed by atoms with E-state index < -0.39 is 5.97 Å². The fraction of sp³-hybridized carbons (Fsp3) is 0.500. The number of carbonyl (C=O) groups excluding carboxylic acids is 2. The molecular formula is C16H19ClN2O3. The SMILES string of the molecule is CC(=O)OCN1C(=O)NC2(CCCCC2)c2cccc(Cl)c21. The number of fused-ring (bicyclic) bond motifs is 2. The highest BCUT2D eigenvalue weighted by Crippen LogP contribution is 2.46. The Kier molecular flexibility index (Phi) is 4.00. The van der Waals surface area contributed by atoms with Crippen LogP contribution >= 0.6 is 11.6 Å². The summed E-state index contributed by atoms with van der Waals surface area (Å²) in [6.07, 6.45) is 5.16. The van der Waals surface area contributed by atoms with E-state index in [9.17, 15) is 9.59 Å². The fourth-order valence-corrected chi connectivity index (χ4v) is 3.72. The van der Waals surface area contributed by atoms with Gasteiger partial charge in [-0.2, -0.15) is 0 Å². The number of hydrogen-bond donors (Lipinski definition) is 1. The van der Waals surface area contributed by atoms with E-state index in [0.717, 1.165) is 31.2 Å². The third kappa shape index (κ3) is 2.54. The largest absolute Gasteiger partial charge is 0.444 e. The highest BCUT2D eigenvalue weighted by atomic mass is 35.5. The molecule has 22 heavy (non-hydrogen) atoms. The molecule has 0 atom stereocenters. The van der Waals surface area contributed by atoms with Gasteiger partial charge in [-0.05, 0) is 18.9 Å². The smallest absolute Gasteiger partial charge is 0.325 e. The van der Waals surface area contributed by atoms with E-state index in [1.165, 1.54) is 18.2 Å². The van der Waals surface area contributed by atoms with E-state index in [2.05, 4.69) is 5.32 Å². The molecule has 1 saturated carbocycles. The molecule has 3 rings (SSSR count). The summed E-state index contributed by atoms with van der Waals surface area (Å²) in [6, 6.07) is 5.41. The van der Waals surface area contributed by atoms with E-state index in [1.807, 2.05) is 12.1 Å². The van der Waals surface area contributed by atoms with Gasteiger partial charge in [-0.15, -0.1) is 0 Å². The number of anilines is 1. The van der Waals surface area contributed by atoms with Crippen LogP contribution < -0.4 is 10.2 Å². The van der Waals surface area contributed by atoms with E-state index in [-0.39, 0.29) is 18.3 Å². The average Bonchev–Trinajstić information content (AvgIpc) is 2.48. The molecule has 2 aliphatic rings. The molecule has 1 heterocycles. The number of esters is 1. The normalized spacial score (nSPS) is 19.5. The average molecular weight is 323 g/mol. The van der Waals surface area contributed by atoms with Crippen molar-refractivity contribution in [1.29, 1.82) is 0 Å². The van der Waals surface area contributed by atoms with E-state index in [1.54, 1.807) is 6.07 Å². The minimum absolute atomic E-state index is 0.131. The van der Waals surface area contributed by atoms with Crippen molar-refractivity contribution in [2.45, 2.75) is 44.6 Å². The molecule has 0 bridgehead atoms. The van der Waals surface area contributed by atoms with Gasteiger partial charge in [-0.25, -0.2) is 4.79 Å². The standard InChI is InChI=1S/C16H19ClN2O3/c1-11(20)22-10-19-14-12(6-5-7-13(14)17)16(18-15(19)21)8-3-2-4-9-16/h5-7H,2-4,8-10H2,1H3,(H,18,21). The van der Waals surface area contributed by atoms with Crippen LogP contribution in [0.1, 0.15) is 44.6 Å². The van der Waals surface area contributed by atoms with Crippen molar-refractivity contribution in [1.82, 2.24) is 5.32 Å². The molecule has 1 aromatic rings. The van der Waals surface area contributed by atoms with Gasteiger partial charge in [-0.1, -0.05) is 43.0 Å². The molecule has 2 amide bonds. The molecule has 0 radical (unpaired) electrons. The van der Waals surface area contributed by atoms with Gasteiger partial charge in [0.05, 0.1) is 16.2 Å². The number of carbonyl (C=O) groups is 2. The highest BCUT2D eigenvalue weighted by molar-refractivity contribution is 6.34. The van der Waals surface area contributed by atoms with Crippen molar-refractivity contribution < 1.29 is 14.3 Å². The lowest BCUT2D eigenvalue weighted by molar-refractivity contribution is -0.140. The number of rotatable bonds is 2. The Labute approximate surface area is 134 Å². The Morgan fingerprint density at radius 2 is 2.09 bits per heavy atom. The van der Waals surface area contributed by atoms with Crippen molar-refractivity contribution >= 4 is 29.3 Å². The van der Waals surface area contributed by atoms with Crippen molar-refractivity contribution in [2.24, 2.45) is 0 Å². The van der Waals surface area contributed by atoms with Crippen LogP contribution in [0.3, 0.4) is 0 Å². The van der Waals surface area contributed by atoms with Gasteiger partial charge in [0.1, 0.15) is 0 Å². The summed E-state index contributed by atoms with van der Waals surface area (Å²) < 4.78 is 5.01. The van der Waals surface area contributed by atoms with Gasteiger partial charge in [0, 0.05) is 12.5 Å². The van der Waals surface area contributed by atoms with Crippen molar-refractivity contribution in [3.05, 3.63) is 28.8 Å². The molecule has 118 valence electrons. The van der Waals surface area contributed by atoms with Crippen LogP contribution in [-0.4, -0.2) is 18.7 Å². The van der Waals surface area contributed by atoms with Crippen LogP contribution in [-0.2, 0) is 15.1 Å². The summed E-state index contributed by atoms with van der Waals surface area (Å²) in [5.74, 6) is -0.431. The van der Waals surface area contributed by atoms with Gasteiger partial charge in [0.25, 0.3) is 0 Å². The maximum Gasteiger partial charge on any atom is 0.325 e. The van der Waals surface area contributed by atoms with Crippen LogP contribution in [0.2, 0.25) is 5.02 Å². The van der Waals surface area contributed by atoms with Crippen LogP contribution in [0, 0.1) is 0 Å². The van der Waals surface area contributed by atoms with Crippen molar-refractivity contribution in [3.8, 4) is 0 Å². The predicted octanol–water partition coefficient (Wildman–Crippen LogP) is 3.55. The first-order valence-electron chi connectivity index (χ1n) is 7.55. The van der Waals surface area contributed by atoms with Gasteiger partial charge in [0.15, 0.2) is 6.73 Å². The molecular weight excluding hydrogens is 304 g/mol. The Balaban J connectivity index is 2.04. The number of nitrogens with zero attached hydrogens (tertiary/aromatic N) is 1. The van der Waals surface area contributed by atoms with Gasteiger partial charge in [0.2, 0.25) is 0 Å². The summed E-state index contributed by atoms with van der Waals surface area (Å²) in [5, 5.41) is 3.63. The molecule has 1 aromatic carbocycles. The topological polar surface area (TPSA) is 58.6 Å². The Bertz CT molecular complexity index is 611. The molecule has 1 aliphatic carbocycles. The maximum atomic E-state index is 12.6. The summed E-state index contributed by atoms with van der Waals surface area (Å²) in [6.45, 7) is 1.19. The summed E-state index contributed by atoms with van der Waals surface area (Å²) in [4.78, 5) is 25.0. The fourth-order valence-electron chi connectivity index (χ4n) is 3.45. The third-order valence-electron chi connectivity index (χ3n) is 4.47. The minimum Gasteiger partial charge on any atom is -0.444 e. The second kappa shape index (κ2) is 5.80. The summed E-state index contributed by atoms with van der Waals surface area (Å²) in [7, 11) is 0. The first-order valence-corrected chi connectivity index (χ1v) is 7.93. The van der Waals surface area contributed by atoms with Crippen molar-refractivity contribution in [2.75, 3.05) is 11.6 Å². The van der Waals surface area contributed by atoms with Crippen molar-refractivity contribution in [3.63, 3.8) is 0 Å². The van der Waals surface area contributed by atoms with Crippen LogP contribution in [0.4, 0.5) is 10.5 Å². The lowest BCUT2D eigenvalue weighted by atomic mass is 9.75. The van der Waals surface area contributed by atoms with Crippen LogP contribution in [0.5, 0.6) is 0 Å².